The first-order valence-corrected chi connectivity index (χ1v) is 9.19. The molecule has 0 radical (unpaired) electrons. The molecule has 2 N–H and O–H groups in total. The van der Waals surface area contributed by atoms with Crippen molar-refractivity contribution >= 4 is 17.5 Å². The lowest BCUT2D eigenvalue weighted by Crippen LogP contribution is -2.02. The Morgan fingerprint density at radius 1 is 1.04 bits per heavy atom. The van der Waals surface area contributed by atoms with Crippen molar-refractivity contribution in [3.8, 4) is 11.5 Å². The third-order valence-electron chi connectivity index (χ3n) is 3.43. The molecule has 136 valence electrons. The number of hydrogen-bond acceptors (Lipinski definition) is 4. The molecule has 3 nitrogen and oxygen atoms in total. The highest BCUT2D eigenvalue weighted by molar-refractivity contribution is 8.05. The largest absolute Gasteiger partial charge is 0.489 e. The highest BCUT2D eigenvalue weighted by Gasteiger charge is 2.06. The molecule has 2 aromatic rings. The first-order chi connectivity index (χ1) is 12.4. The van der Waals surface area contributed by atoms with Gasteiger partial charge in [0.05, 0.1) is 0 Å². The minimum atomic E-state index is 0.477. The molecule has 0 aromatic heterocycles. The van der Waals surface area contributed by atoms with E-state index in [0.29, 0.717) is 30.4 Å². The predicted octanol–water partition coefficient (Wildman–Crippen LogP) is 5.74. The Morgan fingerprint density at radius 3 is 2.31 bits per heavy atom. The standard InChI is InChI=1S/C22H25NO2S/c1-16(2)26-15-17(3)13-24-21-10-20(18(4)23)11-22(12-21)25-14-19-8-6-5-7-9-19/h5-12,15H,1,4,13-14,23H2,2-3H3/b17-15+. The quantitative estimate of drug-likeness (QED) is 0.613. The van der Waals surface area contributed by atoms with Crippen LogP contribution in [0, 0.1) is 0 Å². The maximum atomic E-state index is 5.90. The lowest BCUT2D eigenvalue weighted by atomic mass is 10.1. The van der Waals surface area contributed by atoms with Crippen LogP contribution in [0.3, 0.4) is 0 Å². The van der Waals surface area contributed by atoms with Gasteiger partial charge in [0.1, 0.15) is 24.7 Å². The molecule has 0 atom stereocenters. The number of benzene rings is 2. The summed E-state index contributed by atoms with van der Waals surface area (Å²) in [6.07, 6.45) is 0. The van der Waals surface area contributed by atoms with Gasteiger partial charge >= 0.3 is 0 Å². The third kappa shape index (κ3) is 6.73. The van der Waals surface area contributed by atoms with Gasteiger partial charge in [-0.3, -0.25) is 0 Å². The maximum absolute atomic E-state index is 5.90. The second kappa shape index (κ2) is 9.78. The fourth-order valence-corrected chi connectivity index (χ4v) is 2.57. The van der Waals surface area contributed by atoms with Crippen molar-refractivity contribution < 1.29 is 9.47 Å². The monoisotopic (exact) mass is 367 g/mol. The fraction of sp³-hybridized carbons (Fsp3) is 0.182. The molecule has 0 aliphatic heterocycles. The molecular formula is C22H25NO2S. The second-order valence-corrected chi connectivity index (χ2v) is 7.23. The van der Waals surface area contributed by atoms with Gasteiger partial charge in [-0.05, 0) is 47.4 Å². The SMILES string of the molecule is C=C(C)S/C=C(\C)COc1cc(OCc2ccccc2)cc(C(=C)N)c1. The van der Waals surface area contributed by atoms with Crippen LogP contribution in [0.4, 0.5) is 0 Å². The molecule has 0 saturated heterocycles. The van der Waals surface area contributed by atoms with Crippen molar-refractivity contribution in [2.75, 3.05) is 6.61 Å². The van der Waals surface area contributed by atoms with Gasteiger partial charge < -0.3 is 15.2 Å². The van der Waals surface area contributed by atoms with E-state index in [-0.39, 0.29) is 0 Å². The highest BCUT2D eigenvalue weighted by atomic mass is 32.2. The van der Waals surface area contributed by atoms with E-state index in [9.17, 15) is 0 Å². The first-order valence-electron chi connectivity index (χ1n) is 8.31. The molecule has 0 aliphatic rings. The van der Waals surface area contributed by atoms with Gasteiger partial charge in [-0.25, -0.2) is 0 Å². The Labute approximate surface area is 160 Å². The fourth-order valence-electron chi connectivity index (χ4n) is 2.10. The molecule has 26 heavy (non-hydrogen) atoms. The van der Waals surface area contributed by atoms with Crippen LogP contribution < -0.4 is 15.2 Å². The van der Waals surface area contributed by atoms with Crippen molar-refractivity contribution in [2.45, 2.75) is 20.5 Å². The van der Waals surface area contributed by atoms with Gasteiger partial charge in [-0.1, -0.05) is 43.5 Å². The number of hydrogen-bond donors (Lipinski definition) is 1. The zero-order chi connectivity index (χ0) is 18.9. The zero-order valence-electron chi connectivity index (χ0n) is 15.3. The van der Waals surface area contributed by atoms with Crippen molar-refractivity contribution in [3.05, 3.63) is 88.7 Å². The minimum absolute atomic E-state index is 0.477. The van der Waals surface area contributed by atoms with E-state index in [2.05, 4.69) is 13.2 Å². The molecule has 0 fully saturated rings. The molecule has 0 heterocycles. The molecule has 0 amide bonds. The van der Waals surface area contributed by atoms with E-state index >= 15 is 0 Å². The van der Waals surface area contributed by atoms with E-state index in [1.807, 2.05) is 67.8 Å². The lowest BCUT2D eigenvalue weighted by molar-refractivity contribution is 0.301. The predicted molar refractivity (Wildman–Crippen MR) is 112 cm³/mol. The first kappa shape index (κ1) is 19.7. The summed E-state index contributed by atoms with van der Waals surface area (Å²) in [5.41, 5.74) is 9.35. The Bertz CT molecular complexity index is 797. The molecule has 0 spiro atoms. The topological polar surface area (TPSA) is 44.5 Å². The van der Waals surface area contributed by atoms with E-state index in [1.54, 1.807) is 11.8 Å². The molecule has 0 bridgehead atoms. The van der Waals surface area contributed by atoms with Gasteiger partial charge in [0, 0.05) is 17.3 Å². The van der Waals surface area contributed by atoms with Gasteiger partial charge in [0.25, 0.3) is 0 Å². The maximum Gasteiger partial charge on any atom is 0.124 e. The van der Waals surface area contributed by atoms with Crippen LogP contribution in [0.1, 0.15) is 25.0 Å². The molecule has 0 aliphatic carbocycles. The van der Waals surface area contributed by atoms with E-state index in [0.717, 1.165) is 21.6 Å². The Morgan fingerprint density at radius 2 is 1.69 bits per heavy atom. The van der Waals surface area contributed by atoms with E-state index in [1.165, 1.54) is 0 Å². The summed E-state index contributed by atoms with van der Waals surface area (Å²) < 4.78 is 11.8. The lowest BCUT2D eigenvalue weighted by Gasteiger charge is -2.13. The normalized spacial score (nSPS) is 11.1. The van der Waals surface area contributed by atoms with Crippen molar-refractivity contribution in [1.82, 2.24) is 0 Å². The third-order valence-corrected chi connectivity index (χ3v) is 4.35. The molecular weight excluding hydrogens is 342 g/mol. The summed E-state index contributed by atoms with van der Waals surface area (Å²) in [5.74, 6) is 1.40. The van der Waals surface area contributed by atoms with Crippen molar-refractivity contribution in [2.24, 2.45) is 5.73 Å². The van der Waals surface area contributed by atoms with Crippen LogP contribution in [0.25, 0.3) is 5.70 Å². The highest BCUT2D eigenvalue weighted by Crippen LogP contribution is 2.26. The van der Waals surface area contributed by atoms with Crippen LogP contribution in [0.2, 0.25) is 0 Å². The summed E-state index contributed by atoms with van der Waals surface area (Å²) in [6, 6.07) is 15.6. The van der Waals surface area contributed by atoms with Crippen LogP contribution >= 0.6 is 11.8 Å². The van der Waals surface area contributed by atoms with Crippen molar-refractivity contribution in [1.29, 1.82) is 0 Å². The van der Waals surface area contributed by atoms with Crippen molar-refractivity contribution in [3.63, 3.8) is 0 Å². The smallest absolute Gasteiger partial charge is 0.124 e. The zero-order valence-corrected chi connectivity index (χ0v) is 16.1. The molecule has 4 heteroatoms. The number of thioether (sulfide) groups is 1. The minimum Gasteiger partial charge on any atom is -0.489 e. The average Bonchev–Trinajstić information content (AvgIpc) is 2.63. The molecule has 0 saturated carbocycles. The molecule has 2 aromatic carbocycles. The second-order valence-electron chi connectivity index (χ2n) is 6.07. The van der Waals surface area contributed by atoms with E-state index in [4.69, 9.17) is 15.2 Å². The number of allylic oxidation sites excluding steroid dienone is 1. The van der Waals surface area contributed by atoms with Crippen LogP contribution in [-0.2, 0) is 6.61 Å². The van der Waals surface area contributed by atoms with Gasteiger partial charge in [-0.2, -0.15) is 0 Å². The summed E-state index contributed by atoms with van der Waals surface area (Å²) in [5, 5.41) is 2.04. The Balaban J connectivity index is 2.08. The number of nitrogens with two attached hydrogens (primary N) is 1. The van der Waals surface area contributed by atoms with Crippen LogP contribution in [0.5, 0.6) is 11.5 Å². The van der Waals surface area contributed by atoms with Crippen LogP contribution in [0.15, 0.2) is 77.6 Å². The van der Waals surface area contributed by atoms with Crippen LogP contribution in [-0.4, -0.2) is 6.61 Å². The molecule has 0 unspecified atom stereocenters. The van der Waals surface area contributed by atoms with Gasteiger partial charge in [-0.15, -0.1) is 11.8 Å². The summed E-state index contributed by atoms with van der Waals surface area (Å²) in [7, 11) is 0. The number of rotatable bonds is 9. The summed E-state index contributed by atoms with van der Waals surface area (Å²) in [6.45, 7) is 12.6. The van der Waals surface area contributed by atoms with Gasteiger partial charge in [0.15, 0.2) is 0 Å². The van der Waals surface area contributed by atoms with E-state index < -0.39 is 0 Å². The molecule has 2 rings (SSSR count). The Hall–Kier alpha value is -2.59. The Kier molecular flexibility index (Phi) is 7.42. The summed E-state index contributed by atoms with van der Waals surface area (Å²) >= 11 is 1.60. The summed E-state index contributed by atoms with van der Waals surface area (Å²) in [4.78, 5) is 1.04. The average molecular weight is 368 g/mol. The van der Waals surface area contributed by atoms with Gasteiger partial charge in [0.2, 0.25) is 0 Å². The number of ether oxygens (including phenoxy) is 2.